The number of hydrogen-bond donors (Lipinski definition) is 2. The predicted molar refractivity (Wildman–Crippen MR) is 140 cm³/mol. The maximum atomic E-state index is 14.4. The number of carbonyl (C=O) groups excluding carboxylic acids is 1. The summed E-state index contributed by atoms with van der Waals surface area (Å²) in [4.78, 5) is 16.2. The summed E-state index contributed by atoms with van der Waals surface area (Å²) < 4.78 is 14.4. The van der Waals surface area contributed by atoms with Gasteiger partial charge in [-0.05, 0) is 61.1 Å². The van der Waals surface area contributed by atoms with Crippen molar-refractivity contribution in [3.05, 3.63) is 94.9 Å². The Hall–Kier alpha value is -3.44. The number of anilines is 1. The molecule has 4 nitrogen and oxygen atoms in total. The molecule has 5 rings (SSSR count). The Kier molecular flexibility index (Phi) is 6.20. The van der Waals surface area contributed by atoms with E-state index >= 15 is 0 Å². The molecule has 1 aromatic heterocycles. The summed E-state index contributed by atoms with van der Waals surface area (Å²) in [5, 5.41) is 7.90. The van der Waals surface area contributed by atoms with Gasteiger partial charge in [-0.15, -0.1) is 0 Å². The minimum absolute atomic E-state index is 0.00248. The monoisotopic (exact) mass is 487 g/mol. The first-order chi connectivity index (χ1) is 16.9. The first kappa shape index (κ1) is 23.3. The first-order valence-corrected chi connectivity index (χ1v) is 12.2. The highest BCUT2D eigenvalue weighted by Gasteiger charge is 2.39. The number of nitrogens with one attached hydrogen (secondary N) is 2. The van der Waals surface area contributed by atoms with Gasteiger partial charge in [0.1, 0.15) is 5.82 Å². The molecule has 3 aromatic carbocycles. The Balaban J connectivity index is 1.48. The number of pyridine rings is 1. The Morgan fingerprint density at radius 3 is 2.43 bits per heavy atom. The molecule has 1 atom stereocenters. The molecule has 35 heavy (non-hydrogen) atoms. The van der Waals surface area contributed by atoms with Gasteiger partial charge in [-0.3, -0.25) is 9.78 Å². The van der Waals surface area contributed by atoms with Crippen LogP contribution in [0.5, 0.6) is 0 Å². The topological polar surface area (TPSA) is 54.0 Å². The van der Waals surface area contributed by atoms with Crippen molar-refractivity contribution in [3.63, 3.8) is 0 Å². The van der Waals surface area contributed by atoms with E-state index in [-0.39, 0.29) is 23.3 Å². The van der Waals surface area contributed by atoms with Gasteiger partial charge in [0.2, 0.25) is 5.91 Å². The molecule has 0 aliphatic heterocycles. The fraction of sp³-hybridized carbons (Fsp3) is 0.241. The van der Waals surface area contributed by atoms with Crippen molar-refractivity contribution < 1.29 is 9.18 Å². The number of aromatic nitrogens is 1. The standard InChI is InChI=1S/C29H27ClFN3O/c1-18(23-6-3-4-7-26(23)31)33-28-24-16-21(10-13-27(24)32-17-25(28)30)20-8-11-22(12-9-20)29(14-5-15-29)34-19(2)35/h3-4,6-13,16-18H,5,14-15H2,1-2H3,(H,32,33)(H,34,35)/t18-/m1/s1. The van der Waals surface area contributed by atoms with Crippen molar-refractivity contribution in [2.24, 2.45) is 0 Å². The molecule has 1 heterocycles. The van der Waals surface area contributed by atoms with Crippen LogP contribution in [0.15, 0.2) is 72.9 Å². The summed E-state index contributed by atoms with van der Waals surface area (Å²) in [6.07, 6.45) is 4.65. The molecule has 1 saturated carbocycles. The lowest BCUT2D eigenvalue weighted by atomic mass is 9.71. The highest BCUT2D eigenvalue weighted by molar-refractivity contribution is 6.34. The molecule has 4 aromatic rings. The fourth-order valence-corrected chi connectivity index (χ4v) is 5.16. The molecule has 0 saturated heterocycles. The number of rotatable bonds is 6. The van der Waals surface area contributed by atoms with Crippen molar-refractivity contribution in [1.29, 1.82) is 0 Å². The summed E-state index contributed by atoms with van der Waals surface area (Å²) in [5.41, 5.74) is 5.07. The van der Waals surface area contributed by atoms with Gasteiger partial charge in [0.25, 0.3) is 0 Å². The van der Waals surface area contributed by atoms with Crippen LogP contribution >= 0.6 is 11.6 Å². The average molecular weight is 488 g/mol. The molecule has 0 bridgehead atoms. The zero-order valence-electron chi connectivity index (χ0n) is 19.7. The highest BCUT2D eigenvalue weighted by atomic mass is 35.5. The lowest BCUT2D eigenvalue weighted by Crippen LogP contribution is -2.50. The van der Waals surface area contributed by atoms with Crippen LogP contribution in [-0.2, 0) is 10.3 Å². The second kappa shape index (κ2) is 9.31. The predicted octanol–water partition coefficient (Wildman–Crippen LogP) is 7.38. The number of fused-ring (bicyclic) bond motifs is 1. The van der Waals surface area contributed by atoms with Crippen LogP contribution < -0.4 is 10.6 Å². The Morgan fingerprint density at radius 2 is 1.77 bits per heavy atom. The molecule has 178 valence electrons. The summed E-state index contributed by atoms with van der Waals surface area (Å²) in [6.45, 7) is 3.48. The Bertz CT molecular complexity index is 1400. The summed E-state index contributed by atoms with van der Waals surface area (Å²) in [6, 6.07) is 20.9. The van der Waals surface area contributed by atoms with E-state index in [0.717, 1.165) is 52.5 Å². The quantitative estimate of drug-likeness (QED) is 0.298. The average Bonchev–Trinajstić information content (AvgIpc) is 2.83. The molecule has 1 fully saturated rings. The molecular weight excluding hydrogens is 461 g/mol. The lowest BCUT2D eigenvalue weighted by Gasteiger charge is -2.43. The maximum Gasteiger partial charge on any atom is 0.217 e. The van der Waals surface area contributed by atoms with Crippen molar-refractivity contribution in [2.45, 2.75) is 44.7 Å². The molecule has 1 amide bonds. The second-order valence-corrected chi connectivity index (χ2v) is 9.70. The number of carbonyl (C=O) groups is 1. The van der Waals surface area contributed by atoms with Crippen LogP contribution in [0.4, 0.5) is 10.1 Å². The number of halogens is 2. The number of benzene rings is 3. The van der Waals surface area contributed by atoms with E-state index in [1.165, 1.54) is 6.07 Å². The summed E-state index contributed by atoms with van der Waals surface area (Å²) in [7, 11) is 0. The molecular formula is C29H27ClFN3O. The van der Waals surface area contributed by atoms with Gasteiger partial charge >= 0.3 is 0 Å². The van der Waals surface area contributed by atoms with E-state index in [2.05, 4.69) is 45.9 Å². The normalized spacial score (nSPS) is 15.3. The van der Waals surface area contributed by atoms with E-state index in [1.54, 1.807) is 25.3 Å². The van der Waals surface area contributed by atoms with E-state index < -0.39 is 0 Å². The first-order valence-electron chi connectivity index (χ1n) is 11.9. The zero-order chi connectivity index (χ0) is 24.6. The van der Waals surface area contributed by atoms with Crippen LogP contribution in [0.3, 0.4) is 0 Å². The molecule has 6 heteroatoms. The molecule has 0 spiro atoms. The van der Waals surface area contributed by atoms with E-state index in [4.69, 9.17) is 11.6 Å². The van der Waals surface area contributed by atoms with Crippen molar-refractivity contribution in [1.82, 2.24) is 10.3 Å². The number of nitrogens with zero attached hydrogens (tertiary/aromatic N) is 1. The van der Waals surface area contributed by atoms with E-state index in [9.17, 15) is 9.18 Å². The number of hydrogen-bond acceptors (Lipinski definition) is 3. The molecule has 1 aliphatic carbocycles. The van der Waals surface area contributed by atoms with Gasteiger partial charge in [0, 0.05) is 24.1 Å². The maximum absolute atomic E-state index is 14.4. The number of amides is 1. The minimum Gasteiger partial charge on any atom is -0.377 e. The van der Waals surface area contributed by atoms with Gasteiger partial charge in [-0.2, -0.15) is 0 Å². The smallest absolute Gasteiger partial charge is 0.217 e. The van der Waals surface area contributed by atoms with E-state index in [1.807, 2.05) is 25.1 Å². The summed E-state index contributed by atoms with van der Waals surface area (Å²) >= 11 is 6.55. The van der Waals surface area contributed by atoms with Crippen molar-refractivity contribution in [2.75, 3.05) is 5.32 Å². The van der Waals surface area contributed by atoms with Gasteiger partial charge in [0.15, 0.2) is 0 Å². The Labute approximate surface area is 209 Å². The van der Waals surface area contributed by atoms with Gasteiger partial charge in [-0.1, -0.05) is 60.1 Å². The third kappa shape index (κ3) is 4.48. The molecule has 0 radical (unpaired) electrons. The van der Waals surface area contributed by atoms with Gasteiger partial charge in [0.05, 0.1) is 27.8 Å². The van der Waals surface area contributed by atoms with Crippen LogP contribution in [0, 0.1) is 5.82 Å². The molecule has 0 unspecified atom stereocenters. The molecule has 2 N–H and O–H groups in total. The lowest BCUT2D eigenvalue weighted by molar-refractivity contribution is -0.122. The highest BCUT2D eigenvalue weighted by Crippen LogP contribution is 2.42. The minimum atomic E-state index is -0.283. The SMILES string of the molecule is CC(=O)NC1(c2ccc(-c3ccc4ncc(Cl)c(N[C@H](C)c5ccccc5F)c4c3)cc2)CCC1. The third-order valence-electron chi connectivity index (χ3n) is 6.95. The van der Waals surface area contributed by atoms with Crippen LogP contribution in [0.1, 0.15) is 50.3 Å². The van der Waals surface area contributed by atoms with Gasteiger partial charge < -0.3 is 10.6 Å². The Morgan fingerprint density at radius 1 is 1.06 bits per heavy atom. The van der Waals surface area contributed by atoms with Crippen molar-refractivity contribution in [3.8, 4) is 11.1 Å². The van der Waals surface area contributed by atoms with E-state index in [0.29, 0.717) is 10.6 Å². The zero-order valence-corrected chi connectivity index (χ0v) is 20.5. The summed E-state index contributed by atoms with van der Waals surface area (Å²) in [5.74, 6) is -0.261. The van der Waals surface area contributed by atoms with Crippen LogP contribution in [-0.4, -0.2) is 10.9 Å². The van der Waals surface area contributed by atoms with Crippen LogP contribution in [0.25, 0.3) is 22.0 Å². The largest absolute Gasteiger partial charge is 0.377 e. The van der Waals surface area contributed by atoms with Gasteiger partial charge in [-0.25, -0.2) is 4.39 Å². The molecule has 1 aliphatic rings. The second-order valence-electron chi connectivity index (χ2n) is 9.29. The fourth-order valence-electron chi connectivity index (χ4n) is 4.95. The third-order valence-corrected chi connectivity index (χ3v) is 7.23. The van der Waals surface area contributed by atoms with Crippen LogP contribution in [0.2, 0.25) is 5.02 Å². The van der Waals surface area contributed by atoms with Crippen molar-refractivity contribution >= 4 is 34.1 Å².